The number of hydrogen-bond donors (Lipinski definition) is 3. The summed E-state index contributed by atoms with van der Waals surface area (Å²) in [5, 5.41) is 18.8. The topological polar surface area (TPSA) is 157 Å². The second-order valence-corrected chi connectivity index (χ2v) is 9.18. The largest absolute Gasteiger partial charge is 0.481 e. The van der Waals surface area contributed by atoms with Crippen LogP contribution in [0.2, 0.25) is 0 Å². The maximum atomic E-state index is 13.9. The fraction of sp³-hybridized carbons (Fsp3) is 0.385. The molecule has 200 valence electrons. The summed E-state index contributed by atoms with van der Waals surface area (Å²) in [7, 11) is 0. The van der Waals surface area contributed by atoms with Gasteiger partial charge in [-0.15, -0.1) is 0 Å². The van der Waals surface area contributed by atoms with E-state index in [0.29, 0.717) is 35.6 Å². The highest BCUT2D eigenvalue weighted by Gasteiger charge is 2.36. The Bertz CT molecular complexity index is 1360. The number of amides is 2. The van der Waals surface area contributed by atoms with Crippen molar-refractivity contribution < 1.29 is 33.1 Å². The molecule has 0 saturated heterocycles. The summed E-state index contributed by atoms with van der Waals surface area (Å²) in [5.74, 6) is -3.20. The predicted molar refractivity (Wildman–Crippen MR) is 134 cm³/mol. The Morgan fingerprint density at radius 1 is 1.11 bits per heavy atom. The summed E-state index contributed by atoms with van der Waals surface area (Å²) in [4.78, 5) is 45.0. The fourth-order valence-electron chi connectivity index (χ4n) is 4.53. The first-order valence-corrected chi connectivity index (χ1v) is 12.2. The van der Waals surface area contributed by atoms with Crippen LogP contribution in [0.4, 0.5) is 20.6 Å². The monoisotopic (exact) mass is 525 g/mol. The van der Waals surface area contributed by atoms with Gasteiger partial charge in [0.1, 0.15) is 23.2 Å². The van der Waals surface area contributed by atoms with Gasteiger partial charge in [0.05, 0.1) is 23.2 Å². The maximum absolute atomic E-state index is 13.9. The van der Waals surface area contributed by atoms with Gasteiger partial charge in [-0.25, -0.2) is 14.8 Å². The second kappa shape index (κ2) is 11.4. The van der Waals surface area contributed by atoms with Crippen molar-refractivity contribution in [2.75, 3.05) is 10.6 Å². The Kier molecular flexibility index (Phi) is 7.99. The first kappa shape index (κ1) is 26.7. The van der Waals surface area contributed by atoms with Crippen molar-refractivity contribution in [1.82, 2.24) is 15.1 Å². The average molecular weight is 526 g/mol. The van der Waals surface area contributed by atoms with Gasteiger partial charge < -0.3 is 19.7 Å². The fourth-order valence-corrected chi connectivity index (χ4v) is 4.53. The molecular weight excluding hydrogens is 497 g/mol. The van der Waals surface area contributed by atoms with Crippen LogP contribution in [0.5, 0.6) is 0 Å². The number of hydrogen-bond acceptors (Lipinski definition) is 8. The van der Waals surface area contributed by atoms with Gasteiger partial charge in [-0.05, 0) is 57.9 Å². The molecule has 0 spiro atoms. The molecule has 3 unspecified atom stereocenters. The van der Waals surface area contributed by atoms with Crippen molar-refractivity contribution in [2.45, 2.75) is 52.6 Å². The molecule has 12 heteroatoms. The predicted octanol–water partition coefficient (Wildman–Crippen LogP) is 5.03. The number of carboxylic acid groups (broad SMARTS) is 1. The molecule has 0 aliphatic heterocycles. The van der Waals surface area contributed by atoms with Crippen LogP contribution in [-0.2, 0) is 14.3 Å². The van der Waals surface area contributed by atoms with Crippen LogP contribution in [0.25, 0.3) is 11.5 Å². The molecule has 2 amide bonds. The molecule has 0 aromatic carbocycles. The highest BCUT2D eigenvalue weighted by Crippen LogP contribution is 2.34. The number of aryl methyl sites for hydroxylation is 2. The minimum Gasteiger partial charge on any atom is -0.481 e. The third kappa shape index (κ3) is 5.79. The summed E-state index contributed by atoms with van der Waals surface area (Å²) in [6.45, 7) is 4.83. The lowest BCUT2D eigenvalue weighted by Crippen LogP contribution is -2.36. The minimum atomic E-state index is -0.964. The number of ether oxygens (including phenoxy) is 1. The van der Waals surface area contributed by atoms with E-state index in [4.69, 9.17) is 9.26 Å². The molecular formula is C26H28FN5O6. The second-order valence-electron chi connectivity index (χ2n) is 9.18. The van der Waals surface area contributed by atoms with Gasteiger partial charge in [0.25, 0.3) is 0 Å². The lowest BCUT2D eigenvalue weighted by molar-refractivity contribution is -0.147. The van der Waals surface area contributed by atoms with Crippen molar-refractivity contribution in [3.63, 3.8) is 0 Å². The zero-order valence-corrected chi connectivity index (χ0v) is 21.2. The molecule has 3 heterocycles. The summed E-state index contributed by atoms with van der Waals surface area (Å²) in [6, 6.07) is 6.22. The van der Waals surface area contributed by atoms with Crippen molar-refractivity contribution in [3.05, 3.63) is 53.4 Å². The van der Waals surface area contributed by atoms with E-state index in [-0.39, 0.29) is 22.9 Å². The number of aromatic nitrogens is 3. The van der Waals surface area contributed by atoms with Crippen LogP contribution in [0.15, 0.2) is 35.0 Å². The molecule has 1 saturated carbocycles. The number of halogens is 1. The zero-order valence-electron chi connectivity index (χ0n) is 21.2. The lowest BCUT2D eigenvalue weighted by atomic mass is 9.78. The van der Waals surface area contributed by atoms with Crippen molar-refractivity contribution in [1.29, 1.82) is 0 Å². The van der Waals surface area contributed by atoms with Gasteiger partial charge in [0, 0.05) is 11.8 Å². The van der Waals surface area contributed by atoms with E-state index in [1.807, 2.05) is 0 Å². The molecule has 1 fully saturated rings. The van der Waals surface area contributed by atoms with E-state index in [0.717, 1.165) is 12.8 Å². The average Bonchev–Trinajstić information content (AvgIpc) is 3.24. The van der Waals surface area contributed by atoms with Gasteiger partial charge in [0.2, 0.25) is 17.6 Å². The summed E-state index contributed by atoms with van der Waals surface area (Å²) in [6.07, 6.45) is 2.12. The molecule has 38 heavy (non-hydrogen) atoms. The number of carbonyl (C=O) groups excluding carboxylic acids is 2. The number of pyridine rings is 2. The first-order valence-electron chi connectivity index (χ1n) is 12.2. The number of anilines is 2. The van der Waals surface area contributed by atoms with Gasteiger partial charge in [-0.1, -0.05) is 18.0 Å². The smallest absolute Gasteiger partial charge is 0.412 e. The van der Waals surface area contributed by atoms with E-state index >= 15 is 0 Å². The summed E-state index contributed by atoms with van der Waals surface area (Å²) in [5.41, 5.74) is 1.95. The van der Waals surface area contributed by atoms with Crippen LogP contribution in [0.3, 0.4) is 0 Å². The van der Waals surface area contributed by atoms with E-state index in [1.54, 1.807) is 26.0 Å². The van der Waals surface area contributed by atoms with Crippen LogP contribution in [0.1, 0.15) is 55.7 Å². The SMILES string of the molecule is Cc1nc(-c2onc(C)c2NC(=O)OC(C)c2cccnc2F)ccc1NC(=O)C1CCCCC1C(=O)O. The Hall–Kier alpha value is -4.35. The summed E-state index contributed by atoms with van der Waals surface area (Å²) >= 11 is 0. The highest BCUT2D eigenvalue weighted by atomic mass is 19.1. The number of aliphatic carboxylic acids is 1. The normalized spacial score (nSPS) is 17.9. The molecule has 0 radical (unpaired) electrons. The number of carboxylic acids is 1. The molecule has 3 aromatic rings. The minimum absolute atomic E-state index is 0.128. The van der Waals surface area contributed by atoms with Gasteiger partial charge in [-0.2, -0.15) is 4.39 Å². The van der Waals surface area contributed by atoms with Crippen molar-refractivity contribution in [2.24, 2.45) is 11.8 Å². The Morgan fingerprint density at radius 3 is 2.53 bits per heavy atom. The quantitative estimate of drug-likeness (QED) is 0.360. The Balaban J connectivity index is 1.47. The van der Waals surface area contributed by atoms with E-state index < -0.39 is 36.0 Å². The van der Waals surface area contributed by atoms with Crippen LogP contribution in [0, 0.1) is 31.6 Å². The van der Waals surface area contributed by atoms with E-state index in [1.165, 1.54) is 25.3 Å². The number of carbonyl (C=O) groups is 3. The number of rotatable bonds is 7. The Labute approximate surface area is 217 Å². The third-order valence-electron chi connectivity index (χ3n) is 6.60. The molecule has 3 aromatic heterocycles. The first-order chi connectivity index (χ1) is 18.2. The molecule has 0 bridgehead atoms. The highest BCUT2D eigenvalue weighted by molar-refractivity contribution is 5.96. The molecule has 4 rings (SSSR count). The van der Waals surface area contributed by atoms with Gasteiger partial charge in [-0.3, -0.25) is 14.9 Å². The maximum Gasteiger partial charge on any atom is 0.412 e. The van der Waals surface area contributed by atoms with Crippen molar-refractivity contribution in [3.8, 4) is 11.5 Å². The summed E-state index contributed by atoms with van der Waals surface area (Å²) < 4.78 is 24.6. The van der Waals surface area contributed by atoms with E-state index in [2.05, 4.69) is 25.8 Å². The Morgan fingerprint density at radius 2 is 1.84 bits per heavy atom. The molecule has 1 aliphatic rings. The van der Waals surface area contributed by atoms with E-state index in [9.17, 15) is 23.9 Å². The van der Waals surface area contributed by atoms with Gasteiger partial charge in [0.15, 0.2) is 0 Å². The van der Waals surface area contributed by atoms with Crippen LogP contribution in [-0.4, -0.2) is 38.2 Å². The van der Waals surface area contributed by atoms with Crippen molar-refractivity contribution >= 4 is 29.3 Å². The third-order valence-corrected chi connectivity index (χ3v) is 6.60. The number of nitrogens with zero attached hydrogens (tertiary/aromatic N) is 3. The standard InChI is InChI=1S/C26H28FN5O6/c1-13-19(30-24(33)17-7-4-5-8-18(17)25(34)35)10-11-20(29-13)22-21(14(2)32-38-22)31-26(36)37-15(3)16-9-6-12-28-23(16)27/h6,9-12,15,17-18H,4-5,7-8H2,1-3H3,(H,30,33)(H,31,36)(H,34,35). The molecule has 1 aliphatic carbocycles. The van der Waals surface area contributed by atoms with Gasteiger partial charge >= 0.3 is 12.1 Å². The van der Waals surface area contributed by atoms with Crippen LogP contribution < -0.4 is 10.6 Å². The molecule has 11 nitrogen and oxygen atoms in total. The van der Waals surface area contributed by atoms with Crippen LogP contribution >= 0.6 is 0 Å². The zero-order chi connectivity index (χ0) is 27.4. The lowest BCUT2D eigenvalue weighted by Gasteiger charge is -2.27. The number of nitrogens with one attached hydrogen (secondary N) is 2. The molecule has 3 atom stereocenters. The molecule has 3 N–H and O–H groups in total.